The Labute approximate surface area is 124 Å². The van der Waals surface area contributed by atoms with E-state index in [1.54, 1.807) is 0 Å². The van der Waals surface area contributed by atoms with Crippen LogP contribution < -0.4 is 0 Å². The number of unbranched alkanes of at least 4 members (excludes halogenated alkanes) is 7. The molecule has 2 atom stereocenters. The molecule has 0 heterocycles. The van der Waals surface area contributed by atoms with Gasteiger partial charge in [0.25, 0.3) is 0 Å². The fourth-order valence-corrected chi connectivity index (χ4v) is 2.22. The second-order valence-corrected chi connectivity index (χ2v) is 5.44. The van der Waals surface area contributed by atoms with E-state index in [2.05, 4.69) is 12.7 Å². The number of allylic oxidation sites excluding steroid dienone is 3. The summed E-state index contributed by atoms with van der Waals surface area (Å²) < 4.78 is 0. The van der Waals surface area contributed by atoms with Gasteiger partial charge >= 0.3 is 0 Å². The van der Waals surface area contributed by atoms with Gasteiger partial charge in [-0.2, -0.15) is 0 Å². The lowest BCUT2D eigenvalue weighted by atomic mass is 10.0. The number of rotatable bonds is 14. The minimum absolute atomic E-state index is 0.265. The van der Waals surface area contributed by atoms with Crippen LogP contribution in [-0.4, -0.2) is 34.1 Å². The van der Waals surface area contributed by atoms with E-state index in [9.17, 15) is 10.2 Å². The van der Waals surface area contributed by atoms with Crippen LogP contribution in [0.3, 0.4) is 0 Å². The molecule has 0 aromatic carbocycles. The molecule has 0 fully saturated rings. The lowest BCUT2D eigenvalue weighted by Gasteiger charge is -2.13. The molecule has 3 nitrogen and oxygen atoms in total. The van der Waals surface area contributed by atoms with E-state index in [1.165, 1.54) is 32.1 Å². The van der Waals surface area contributed by atoms with E-state index in [1.807, 2.05) is 12.2 Å². The fraction of sp³-hybridized carbons (Fsp3) is 0.765. The highest BCUT2D eigenvalue weighted by Crippen LogP contribution is 2.12. The molecule has 0 rings (SSSR count). The quantitative estimate of drug-likeness (QED) is 0.339. The monoisotopic (exact) mass is 284 g/mol. The van der Waals surface area contributed by atoms with Crippen LogP contribution in [0.15, 0.2) is 24.8 Å². The zero-order valence-electron chi connectivity index (χ0n) is 12.7. The van der Waals surface area contributed by atoms with E-state index in [0.29, 0.717) is 0 Å². The highest BCUT2D eigenvalue weighted by Gasteiger charge is 2.10. The first-order chi connectivity index (χ1) is 9.70. The molecule has 0 radical (unpaired) electrons. The molecular formula is C17H32O3. The summed E-state index contributed by atoms with van der Waals surface area (Å²) in [6.07, 6.45) is 15.3. The summed E-state index contributed by atoms with van der Waals surface area (Å²) in [6.45, 7) is 3.37. The van der Waals surface area contributed by atoms with Crippen molar-refractivity contribution in [1.82, 2.24) is 0 Å². The van der Waals surface area contributed by atoms with Crippen LogP contribution in [0.2, 0.25) is 0 Å². The second-order valence-electron chi connectivity index (χ2n) is 5.44. The normalized spacial score (nSPS) is 14.6. The first-order valence-corrected chi connectivity index (χ1v) is 7.95. The molecule has 20 heavy (non-hydrogen) atoms. The zero-order valence-corrected chi connectivity index (χ0v) is 12.7. The van der Waals surface area contributed by atoms with Gasteiger partial charge in [-0.3, -0.25) is 0 Å². The third-order valence-corrected chi connectivity index (χ3v) is 3.44. The van der Waals surface area contributed by atoms with Gasteiger partial charge in [-0.15, -0.1) is 0 Å². The lowest BCUT2D eigenvalue weighted by Crippen LogP contribution is -2.20. The number of hydrogen-bond acceptors (Lipinski definition) is 3. The molecule has 0 spiro atoms. The maximum Gasteiger partial charge on any atom is 0.0795 e. The Kier molecular flexibility index (Phi) is 14.3. The van der Waals surface area contributed by atoms with Gasteiger partial charge in [0.2, 0.25) is 0 Å². The zero-order chi connectivity index (χ0) is 15.1. The SMILES string of the molecule is C=C/C=C/CCCCCCCCC[C@@H](O)C[C@@H](O)CO. The molecule has 3 heteroatoms. The van der Waals surface area contributed by atoms with Gasteiger partial charge in [0.15, 0.2) is 0 Å². The molecular weight excluding hydrogens is 252 g/mol. The van der Waals surface area contributed by atoms with Crippen LogP contribution in [0.4, 0.5) is 0 Å². The average Bonchev–Trinajstić information content (AvgIpc) is 2.44. The van der Waals surface area contributed by atoms with Gasteiger partial charge in [0.1, 0.15) is 0 Å². The van der Waals surface area contributed by atoms with Crippen molar-refractivity contribution >= 4 is 0 Å². The summed E-state index contributed by atoms with van der Waals surface area (Å²) in [4.78, 5) is 0. The van der Waals surface area contributed by atoms with Gasteiger partial charge in [-0.1, -0.05) is 63.3 Å². The second kappa shape index (κ2) is 14.8. The third kappa shape index (κ3) is 13.8. The Bertz CT molecular complexity index is 238. The van der Waals surface area contributed by atoms with Crippen molar-refractivity contribution in [2.24, 2.45) is 0 Å². The molecule has 0 saturated carbocycles. The van der Waals surface area contributed by atoms with Crippen molar-refractivity contribution in [3.05, 3.63) is 24.8 Å². The predicted octanol–water partition coefficient (Wildman–Crippen LogP) is 3.34. The van der Waals surface area contributed by atoms with E-state index >= 15 is 0 Å². The first-order valence-electron chi connectivity index (χ1n) is 7.95. The highest BCUT2D eigenvalue weighted by atomic mass is 16.3. The third-order valence-electron chi connectivity index (χ3n) is 3.44. The van der Waals surface area contributed by atoms with Crippen LogP contribution in [0.25, 0.3) is 0 Å². The van der Waals surface area contributed by atoms with Crippen molar-refractivity contribution in [2.75, 3.05) is 6.61 Å². The van der Waals surface area contributed by atoms with E-state index in [4.69, 9.17) is 5.11 Å². The molecule has 0 aliphatic heterocycles. The molecule has 0 unspecified atom stereocenters. The Hall–Kier alpha value is -0.640. The summed E-state index contributed by atoms with van der Waals surface area (Å²) in [5.41, 5.74) is 0. The van der Waals surface area contributed by atoms with Gasteiger partial charge in [-0.25, -0.2) is 0 Å². The molecule has 0 aromatic heterocycles. The van der Waals surface area contributed by atoms with Gasteiger partial charge in [-0.05, 0) is 19.3 Å². The van der Waals surface area contributed by atoms with Gasteiger partial charge in [0.05, 0.1) is 18.8 Å². The predicted molar refractivity (Wildman–Crippen MR) is 84.6 cm³/mol. The number of aliphatic hydroxyl groups is 3. The van der Waals surface area contributed by atoms with E-state index in [-0.39, 0.29) is 13.0 Å². The van der Waals surface area contributed by atoms with Gasteiger partial charge in [0, 0.05) is 6.42 Å². The molecule has 0 saturated heterocycles. The highest BCUT2D eigenvalue weighted by molar-refractivity contribution is 4.96. The Morgan fingerprint density at radius 3 is 2.05 bits per heavy atom. The summed E-state index contributed by atoms with van der Waals surface area (Å²) >= 11 is 0. The number of aliphatic hydroxyl groups excluding tert-OH is 3. The van der Waals surface area contributed by atoms with Crippen molar-refractivity contribution in [3.8, 4) is 0 Å². The van der Waals surface area contributed by atoms with Crippen LogP contribution in [0.5, 0.6) is 0 Å². The minimum Gasteiger partial charge on any atom is -0.394 e. The maximum atomic E-state index is 9.61. The fourth-order valence-electron chi connectivity index (χ4n) is 2.22. The Balaban J connectivity index is 3.20. The molecule has 0 aliphatic carbocycles. The van der Waals surface area contributed by atoms with Crippen molar-refractivity contribution < 1.29 is 15.3 Å². The van der Waals surface area contributed by atoms with Crippen LogP contribution in [0, 0.1) is 0 Å². The summed E-state index contributed by atoms with van der Waals surface area (Å²) in [5, 5.41) is 27.5. The summed E-state index contributed by atoms with van der Waals surface area (Å²) in [7, 11) is 0. The largest absolute Gasteiger partial charge is 0.394 e. The minimum atomic E-state index is -0.778. The lowest BCUT2D eigenvalue weighted by molar-refractivity contribution is 0.0380. The van der Waals surface area contributed by atoms with Crippen molar-refractivity contribution in [3.63, 3.8) is 0 Å². The first kappa shape index (κ1) is 19.4. The summed E-state index contributed by atoms with van der Waals surface area (Å²) in [6, 6.07) is 0. The summed E-state index contributed by atoms with van der Waals surface area (Å²) in [5.74, 6) is 0. The standard InChI is InChI=1S/C17H32O3/c1-2-3-4-5-6-7-8-9-10-11-12-13-16(19)14-17(20)15-18/h2-4,16-20H,1,5-15H2/b4-3+/t16-,17-/m1/s1. The van der Waals surface area contributed by atoms with Crippen molar-refractivity contribution in [2.45, 2.75) is 76.4 Å². The van der Waals surface area contributed by atoms with E-state index < -0.39 is 12.2 Å². The molecule has 118 valence electrons. The van der Waals surface area contributed by atoms with Crippen LogP contribution in [-0.2, 0) is 0 Å². The van der Waals surface area contributed by atoms with Crippen LogP contribution >= 0.6 is 0 Å². The topological polar surface area (TPSA) is 60.7 Å². The molecule has 0 aromatic rings. The average molecular weight is 284 g/mol. The van der Waals surface area contributed by atoms with Crippen molar-refractivity contribution in [1.29, 1.82) is 0 Å². The Morgan fingerprint density at radius 1 is 0.850 bits per heavy atom. The van der Waals surface area contributed by atoms with E-state index in [0.717, 1.165) is 25.7 Å². The molecule has 0 aliphatic rings. The van der Waals surface area contributed by atoms with Gasteiger partial charge < -0.3 is 15.3 Å². The molecule has 0 amide bonds. The maximum absolute atomic E-state index is 9.61. The molecule has 3 N–H and O–H groups in total. The Morgan fingerprint density at radius 2 is 1.45 bits per heavy atom. The smallest absolute Gasteiger partial charge is 0.0795 e. The number of hydrogen-bond donors (Lipinski definition) is 3. The van der Waals surface area contributed by atoms with Crippen LogP contribution in [0.1, 0.15) is 64.2 Å². The molecule has 0 bridgehead atoms.